The minimum Gasteiger partial charge on any atom is -0.325 e. The molecule has 1 aliphatic rings. The Balaban J connectivity index is 0.00000264. The van der Waals surface area contributed by atoms with Gasteiger partial charge in [-0.1, -0.05) is 26.0 Å². The number of anilines is 1. The van der Waals surface area contributed by atoms with Crippen LogP contribution >= 0.6 is 12.4 Å². The summed E-state index contributed by atoms with van der Waals surface area (Å²) < 4.78 is 0. The number of nitrogens with one attached hydrogen (secondary N) is 2. The van der Waals surface area contributed by atoms with E-state index in [0.717, 1.165) is 31.6 Å². The Labute approximate surface area is 146 Å². The molecule has 2 unspecified atom stereocenters. The van der Waals surface area contributed by atoms with Crippen molar-refractivity contribution in [1.82, 2.24) is 10.2 Å². The lowest BCUT2D eigenvalue weighted by Gasteiger charge is -2.31. The number of halogens is 1. The van der Waals surface area contributed by atoms with Crippen molar-refractivity contribution in [2.24, 2.45) is 0 Å². The lowest BCUT2D eigenvalue weighted by atomic mass is 9.99. The highest BCUT2D eigenvalue weighted by Crippen LogP contribution is 2.20. The second kappa shape index (κ2) is 9.91. The van der Waals surface area contributed by atoms with Crippen LogP contribution in [0.15, 0.2) is 24.3 Å². The van der Waals surface area contributed by atoms with Gasteiger partial charge in [0.2, 0.25) is 5.91 Å². The van der Waals surface area contributed by atoms with E-state index in [2.05, 4.69) is 41.5 Å². The molecule has 0 radical (unpaired) electrons. The number of benzene rings is 1. The van der Waals surface area contributed by atoms with Crippen LogP contribution in [-0.4, -0.2) is 43.5 Å². The molecule has 1 fully saturated rings. The first-order chi connectivity index (χ1) is 10.6. The summed E-state index contributed by atoms with van der Waals surface area (Å²) in [4.78, 5) is 14.4. The molecule has 1 aromatic rings. The van der Waals surface area contributed by atoms with Crippen LogP contribution in [-0.2, 0) is 4.79 Å². The number of rotatable bonds is 6. The molecule has 0 aliphatic carbocycles. The highest BCUT2D eigenvalue weighted by molar-refractivity contribution is 5.92. The number of likely N-dealkylation sites (N-methyl/N-ethyl adjacent to an activating group) is 1. The fourth-order valence-corrected chi connectivity index (χ4v) is 2.97. The number of likely N-dealkylation sites (tertiary alicyclic amines) is 1. The first-order valence-corrected chi connectivity index (χ1v) is 8.41. The topological polar surface area (TPSA) is 44.4 Å². The normalized spacial score (nSPS) is 19.7. The van der Waals surface area contributed by atoms with Crippen LogP contribution in [0.5, 0.6) is 0 Å². The maximum Gasteiger partial charge on any atom is 0.238 e. The summed E-state index contributed by atoms with van der Waals surface area (Å²) in [5, 5.41) is 6.31. The van der Waals surface area contributed by atoms with Gasteiger partial charge in [-0.25, -0.2) is 0 Å². The van der Waals surface area contributed by atoms with Crippen molar-refractivity contribution in [2.45, 2.75) is 45.1 Å². The van der Waals surface area contributed by atoms with Gasteiger partial charge in [0, 0.05) is 18.3 Å². The van der Waals surface area contributed by atoms with Gasteiger partial charge in [-0.3, -0.25) is 9.69 Å². The smallest absolute Gasteiger partial charge is 0.238 e. The molecule has 1 amide bonds. The van der Waals surface area contributed by atoms with E-state index in [1.54, 1.807) is 0 Å². The predicted molar refractivity (Wildman–Crippen MR) is 99.5 cm³/mol. The van der Waals surface area contributed by atoms with Crippen molar-refractivity contribution in [3.63, 3.8) is 0 Å². The lowest BCUT2D eigenvalue weighted by Crippen LogP contribution is -2.46. The van der Waals surface area contributed by atoms with E-state index in [4.69, 9.17) is 0 Å². The monoisotopic (exact) mass is 339 g/mol. The number of piperidine rings is 1. The fraction of sp³-hybridized carbons (Fsp3) is 0.611. The Bertz CT molecular complexity index is 478. The maximum absolute atomic E-state index is 12.2. The SMILES string of the molecule is CCC(C)c1ccc(NC(=O)CN2CCCC(NC)C2)cc1.Cl. The van der Waals surface area contributed by atoms with Gasteiger partial charge in [0.1, 0.15) is 0 Å². The Hall–Kier alpha value is -1.10. The third-order valence-corrected chi connectivity index (χ3v) is 4.66. The third kappa shape index (κ3) is 6.13. The number of hydrogen-bond donors (Lipinski definition) is 2. The summed E-state index contributed by atoms with van der Waals surface area (Å²) in [5.74, 6) is 0.643. The molecule has 0 bridgehead atoms. The summed E-state index contributed by atoms with van der Waals surface area (Å²) in [6.07, 6.45) is 3.49. The highest BCUT2D eigenvalue weighted by Gasteiger charge is 2.20. The standard InChI is InChI=1S/C18H29N3O.ClH/c1-4-14(2)15-7-9-16(10-8-15)20-18(22)13-21-11-5-6-17(12-21)19-3;/h7-10,14,17,19H,4-6,11-13H2,1-3H3,(H,20,22);1H. The van der Waals surface area contributed by atoms with E-state index in [1.165, 1.54) is 12.0 Å². The van der Waals surface area contributed by atoms with Gasteiger partial charge in [-0.15, -0.1) is 12.4 Å². The van der Waals surface area contributed by atoms with Crippen molar-refractivity contribution in [3.05, 3.63) is 29.8 Å². The van der Waals surface area contributed by atoms with Gasteiger partial charge in [0.15, 0.2) is 0 Å². The van der Waals surface area contributed by atoms with Crippen LogP contribution in [0.25, 0.3) is 0 Å². The van der Waals surface area contributed by atoms with E-state index in [1.807, 2.05) is 19.2 Å². The zero-order valence-electron chi connectivity index (χ0n) is 14.5. The molecule has 23 heavy (non-hydrogen) atoms. The first kappa shape index (κ1) is 19.9. The minimum atomic E-state index is 0. The molecule has 1 saturated heterocycles. The van der Waals surface area contributed by atoms with Crippen molar-refractivity contribution in [2.75, 3.05) is 32.0 Å². The van der Waals surface area contributed by atoms with Crippen LogP contribution in [0.3, 0.4) is 0 Å². The second-order valence-electron chi connectivity index (χ2n) is 6.34. The molecule has 0 saturated carbocycles. The van der Waals surface area contributed by atoms with Crippen LogP contribution in [0, 0.1) is 0 Å². The van der Waals surface area contributed by atoms with Crippen LogP contribution < -0.4 is 10.6 Å². The molecule has 2 N–H and O–H groups in total. The molecule has 2 atom stereocenters. The zero-order chi connectivity index (χ0) is 15.9. The van der Waals surface area contributed by atoms with Gasteiger partial charge in [-0.2, -0.15) is 0 Å². The summed E-state index contributed by atoms with van der Waals surface area (Å²) in [6.45, 7) is 6.86. The zero-order valence-corrected chi connectivity index (χ0v) is 15.3. The summed E-state index contributed by atoms with van der Waals surface area (Å²) in [6, 6.07) is 8.75. The molecule has 4 nitrogen and oxygen atoms in total. The van der Waals surface area contributed by atoms with E-state index in [0.29, 0.717) is 18.5 Å². The Morgan fingerprint density at radius 3 is 2.65 bits per heavy atom. The van der Waals surface area contributed by atoms with Crippen molar-refractivity contribution in [3.8, 4) is 0 Å². The largest absolute Gasteiger partial charge is 0.325 e. The molecule has 0 spiro atoms. The number of carbonyl (C=O) groups excluding carboxylic acids is 1. The van der Waals surface area contributed by atoms with Crippen molar-refractivity contribution >= 4 is 24.0 Å². The minimum absolute atomic E-state index is 0. The van der Waals surface area contributed by atoms with E-state index in [9.17, 15) is 4.79 Å². The molecule has 1 aliphatic heterocycles. The van der Waals surface area contributed by atoms with Gasteiger partial charge in [-0.05, 0) is 56.5 Å². The van der Waals surface area contributed by atoms with Gasteiger partial charge in [0.05, 0.1) is 6.54 Å². The van der Waals surface area contributed by atoms with Gasteiger partial charge in [0.25, 0.3) is 0 Å². The quantitative estimate of drug-likeness (QED) is 0.836. The first-order valence-electron chi connectivity index (χ1n) is 8.41. The van der Waals surface area contributed by atoms with E-state index < -0.39 is 0 Å². The predicted octanol–water partition coefficient (Wildman–Crippen LogP) is 3.24. The average Bonchev–Trinajstić information content (AvgIpc) is 2.55. The third-order valence-electron chi connectivity index (χ3n) is 4.66. The van der Waals surface area contributed by atoms with Crippen molar-refractivity contribution < 1.29 is 4.79 Å². The van der Waals surface area contributed by atoms with Gasteiger partial charge < -0.3 is 10.6 Å². The number of hydrogen-bond acceptors (Lipinski definition) is 3. The second-order valence-corrected chi connectivity index (χ2v) is 6.34. The van der Waals surface area contributed by atoms with Crippen LogP contribution in [0.2, 0.25) is 0 Å². The Kier molecular flexibility index (Phi) is 8.59. The van der Waals surface area contributed by atoms with Crippen LogP contribution in [0.1, 0.15) is 44.6 Å². The van der Waals surface area contributed by atoms with Crippen molar-refractivity contribution in [1.29, 1.82) is 0 Å². The summed E-state index contributed by atoms with van der Waals surface area (Å²) in [7, 11) is 1.99. The number of nitrogens with zero attached hydrogens (tertiary/aromatic N) is 1. The molecule has 1 heterocycles. The van der Waals surface area contributed by atoms with E-state index in [-0.39, 0.29) is 18.3 Å². The fourth-order valence-electron chi connectivity index (χ4n) is 2.97. The molecule has 1 aromatic carbocycles. The highest BCUT2D eigenvalue weighted by atomic mass is 35.5. The average molecular weight is 340 g/mol. The number of amides is 1. The van der Waals surface area contributed by atoms with E-state index >= 15 is 0 Å². The number of carbonyl (C=O) groups is 1. The van der Waals surface area contributed by atoms with Crippen LogP contribution in [0.4, 0.5) is 5.69 Å². The molecule has 130 valence electrons. The molecule has 0 aromatic heterocycles. The molecule has 5 heteroatoms. The van der Waals surface area contributed by atoms with Gasteiger partial charge >= 0.3 is 0 Å². The summed E-state index contributed by atoms with van der Waals surface area (Å²) >= 11 is 0. The molecule has 2 rings (SSSR count). The Morgan fingerprint density at radius 2 is 2.04 bits per heavy atom. The summed E-state index contributed by atoms with van der Waals surface area (Å²) in [5.41, 5.74) is 2.22. The molecular formula is C18H30ClN3O. The lowest BCUT2D eigenvalue weighted by molar-refractivity contribution is -0.117. The maximum atomic E-state index is 12.2. The molecular weight excluding hydrogens is 310 g/mol. The Morgan fingerprint density at radius 1 is 1.35 bits per heavy atom.